The second kappa shape index (κ2) is 9.28. The normalized spacial score (nSPS) is 11.9. The largest absolute Gasteiger partial charge is 0.346 e. The van der Waals surface area contributed by atoms with Crippen molar-refractivity contribution >= 4 is 29.0 Å². The van der Waals surface area contributed by atoms with Crippen molar-refractivity contribution in [2.24, 2.45) is 0 Å². The molecule has 7 heteroatoms. The molecule has 0 aliphatic rings. The number of aryl methyl sites for hydroxylation is 1. The fraction of sp³-hybridized carbons (Fsp3) is 0.174. The van der Waals surface area contributed by atoms with Gasteiger partial charge in [-0.1, -0.05) is 12.1 Å². The summed E-state index contributed by atoms with van der Waals surface area (Å²) in [5.41, 5.74) is 3.84. The standard InChI is InChI=1S/C23H22N4OS2/c1-16(18-3-7-21(8-4-18)27-12-11-24-15-27)25-23(28)19-5-9-22(10-6-19)30-14-20-13-29-17(2)26-20/h3-13,15-16H,14H2,1-2H3,(H,25,28)/t16-/m0/s1. The molecule has 2 aromatic heterocycles. The van der Waals surface area contributed by atoms with Gasteiger partial charge in [0.15, 0.2) is 0 Å². The molecule has 0 radical (unpaired) electrons. The van der Waals surface area contributed by atoms with E-state index in [1.54, 1.807) is 35.6 Å². The molecule has 0 aliphatic heterocycles. The average Bonchev–Trinajstić information content (AvgIpc) is 3.44. The molecule has 4 rings (SSSR count). The Morgan fingerprint density at radius 2 is 1.93 bits per heavy atom. The van der Waals surface area contributed by atoms with Gasteiger partial charge in [0.1, 0.15) is 0 Å². The van der Waals surface area contributed by atoms with Crippen LogP contribution < -0.4 is 5.32 Å². The maximum Gasteiger partial charge on any atom is 0.251 e. The molecule has 1 N–H and O–H groups in total. The van der Waals surface area contributed by atoms with Gasteiger partial charge in [-0.3, -0.25) is 4.79 Å². The average molecular weight is 435 g/mol. The summed E-state index contributed by atoms with van der Waals surface area (Å²) in [6, 6.07) is 15.7. The van der Waals surface area contributed by atoms with Crippen LogP contribution in [0.15, 0.2) is 77.5 Å². The Morgan fingerprint density at radius 1 is 1.17 bits per heavy atom. The van der Waals surface area contributed by atoms with Gasteiger partial charge in [-0.15, -0.1) is 23.1 Å². The van der Waals surface area contributed by atoms with Gasteiger partial charge in [0.25, 0.3) is 5.91 Å². The third-order valence-electron chi connectivity index (χ3n) is 4.71. The maximum absolute atomic E-state index is 12.6. The van der Waals surface area contributed by atoms with Crippen molar-refractivity contribution in [3.8, 4) is 5.69 Å². The minimum absolute atomic E-state index is 0.0761. The highest BCUT2D eigenvalue weighted by molar-refractivity contribution is 7.98. The number of rotatable bonds is 7. The zero-order valence-electron chi connectivity index (χ0n) is 16.8. The molecule has 2 aromatic carbocycles. The molecular formula is C23H22N4OS2. The number of thiazole rings is 1. The first-order chi connectivity index (χ1) is 14.6. The lowest BCUT2D eigenvalue weighted by Crippen LogP contribution is -2.26. The molecule has 0 saturated heterocycles. The molecule has 5 nitrogen and oxygen atoms in total. The number of thioether (sulfide) groups is 1. The highest BCUT2D eigenvalue weighted by Gasteiger charge is 2.12. The highest BCUT2D eigenvalue weighted by atomic mass is 32.2. The Labute approximate surface area is 184 Å². The maximum atomic E-state index is 12.6. The number of aromatic nitrogens is 3. The second-order valence-electron chi connectivity index (χ2n) is 6.93. The van der Waals surface area contributed by atoms with Crippen LogP contribution in [0.4, 0.5) is 0 Å². The molecule has 0 spiro atoms. The summed E-state index contributed by atoms with van der Waals surface area (Å²) in [5.74, 6) is 0.759. The molecule has 4 aromatic rings. The molecule has 1 amide bonds. The van der Waals surface area contributed by atoms with E-state index in [9.17, 15) is 4.79 Å². The topological polar surface area (TPSA) is 59.8 Å². The second-order valence-corrected chi connectivity index (χ2v) is 9.04. The summed E-state index contributed by atoms with van der Waals surface area (Å²) >= 11 is 3.39. The zero-order valence-corrected chi connectivity index (χ0v) is 18.4. The first kappa shape index (κ1) is 20.4. The SMILES string of the molecule is Cc1nc(CSc2ccc(C(=O)N[C@@H](C)c3ccc(-n4ccnc4)cc3)cc2)cs1. The predicted molar refractivity (Wildman–Crippen MR) is 122 cm³/mol. The number of nitrogens with zero attached hydrogens (tertiary/aromatic N) is 3. The Kier molecular flexibility index (Phi) is 6.30. The van der Waals surface area contributed by atoms with Gasteiger partial charge in [0.2, 0.25) is 0 Å². The van der Waals surface area contributed by atoms with Crippen LogP contribution in [0.2, 0.25) is 0 Å². The van der Waals surface area contributed by atoms with Crippen molar-refractivity contribution < 1.29 is 4.79 Å². The minimum atomic E-state index is -0.0868. The van der Waals surface area contributed by atoms with Crippen molar-refractivity contribution in [1.29, 1.82) is 0 Å². The van der Waals surface area contributed by atoms with E-state index in [4.69, 9.17) is 0 Å². The van der Waals surface area contributed by atoms with Gasteiger partial charge in [0, 0.05) is 39.7 Å². The van der Waals surface area contributed by atoms with E-state index >= 15 is 0 Å². The van der Waals surface area contributed by atoms with Crippen molar-refractivity contribution in [3.05, 3.63) is 94.5 Å². The van der Waals surface area contributed by atoms with Gasteiger partial charge < -0.3 is 9.88 Å². The van der Waals surface area contributed by atoms with Crippen LogP contribution in [0.1, 0.15) is 39.6 Å². The van der Waals surface area contributed by atoms with Gasteiger partial charge in [-0.05, 0) is 55.8 Å². The fourth-order valence-corrected chi connectivity index (χ4v) is 4.55. The molecule has 152 valence electrons. The number of benzene rings is 2. The number of carbonyl (C=O) groups excluding carboxylic acids is 1. The number of hydrogen-bond donors (Lipinski definition) is 1. The van der Waals surface area contributed by atoms with Crippen molar-refractivity contribution in [3.63, 3.8) is 0 Å². The molecule has 0 unspecified atom stereocenters. The van der Waals surface area contributed by atoms with E-state index in [1.807, 2.05) is 73.1 Å². The number of hydrogen-bond acceptors (Lipinski definition) is 5. The lowest BCUT2D eigenvalue weighted by molar-refractivity contribution is 0.0940. The lowest BCUT2D eigenvalue weighted by Gasteiger charge is -2.15. The van der Waals surface area contributed by atoms with E-state index in [2.05, 4.69) is 20.7 Å². The van der Waals surface area contributed by atoms with Crippen LogP contribution in [-0.2, 0) is 5.75 Å². The summed E-state index contributed by atoms with van der Waals surface area (Å²) in [7, 11) is 0. The predicted octanol–water partition coefficient (Wildman–Crippen LogP) is 5.42. The summed E-state index contributed by atoms with van der Waals surface area (Å²) in [6.45, 7) is 4.01. The minimum Gasteiger partial charge on any atom is -0.346 e. The fourth-order valence-electron chi connectivity index (χ4n) is 3.04. The zero-order chi connectivity index (χ0) is 20.9. The van der Waals surface area contributed by atoms with Crippen LogP contribution in [-0.4, -0.2) is 20.4 Å². The molecule has 0 fully saturated rings. The van der Waals surface area contributed by atoms with Crippen LogP contribution in [0.5, 0.6) is 0 Å². The molecule has 30 heavy (non-hydrogen) atoms. The Bertz CT molecular complexity index is 1100. The molecule has 2 heterocycles. The van der Waals surface area contributed by atoms with Gasteiger partial charge >= 0.3 is 0 Å². The van der Waals surface area contributed by atoms with Crippen molar-refractivity contribution in [2.75, 3.05) is 0 Å². The Hall–Kier alpha value is -2.90. The summed E-state index contributed by atoms with van der Waals surface area (Å²) in [4.78, 5) is 22.3. The van der Waals surface area contributed by atoms with Crippen LogP contribution in [0, 0.1) is 6.92 Å². The molecule has 0 aliphatic carbocycles. The van der Waals surface area contributed by atoms with Gasteiger partial charge in [0.05, 0.1) is 23.1 Å². The summed E-state index contributed by atoms with van der Waals surface area (Å²) in [5, 5.41) is 6.25. The van der Waals surface area contributed by atoms with E-state index in [-0.39, 0.29) is 11.9 Å². The first-order valence-electron chi connectivity index (χ1n) is 9.61. The molecular weight excluding hydrogens is 412 g/mol. The van der Waals surface area contributed by atoms with E-state index in [0.717, 1.165) is 32.6 Å². The highest BCUT2D eigenvalue weighted by Crippen LogP contribution is 2.24. The monoisotopic (exact) mass is 434 g/mol. The van der Waals surface area contributed by atoms with Crippen molar-refractivity contribution in [2.45, 2.75) is 30.5 Å². The van der Waals surface area contributed by atoms with Gasteiger partial charge in [-0.25, -0.2) is 9.97 Å². The van der Waals surface area contributed by atoms with Crippen LogP contribution >= 0.6 is 23.1 Å². The van der Waals surface area contributed by atoms with Gasteiger partial charge in [-0.2, -0.15) is 0 Å². The van der Waals surface area contributed by atoms with Crippen LogP contribution in [0.3, 0.4) is 0 Å². The lowest BCUT2D eigenvalue weighted by atomic mass is 10.1. The number of nitrogens with one attached hydrogen (secondary N) is 1. The summed E-state index contributed by atoms with van der Waals surface area (Å²) in [6.07, 6.45) is 5.42. The van der Waals surface area contributed by atoms with E-state index in [0.29, 0.717) is 5.56 Å². The number of imidazole rings is 1. The molecule has 1 atom stereocenters. The van der Waals surface area contributed by atoms with Crippen molar-refractivity contribution in [1.82, 2.24) is 19.9 Å². The first-order valence-corrected chi connectivity index (χ1v) is 11.5. The third kappa shape index (κ3) is 4.98. The Balaban J connectivity index is 1.33. The third-order valence-corrected chi connectivity index (χ3v) is 6.58. The Morgan fingerprint density at radius 3 is 2.57 bits per heavy atom. The summed E-state index contributed by atoms with van der Waals surface area (Å²) < 4.78 is 1.95. The quantitative estimate of drug-likeness (QED) is 0.395. The number of carbonyl (C=O) groups is 1. The smallest absolute Gasteiger partial charge is 0.251 e. The molecule has 0 saturated carbocycles. The molecule has 0 bridgehead atoms. The van der Waals surface area contributed by atoms with Crippen LogP contribution in [0.25, 0.3) is 5.69 Å². The van der Waals surface area contributed by atoms with E-state index < -0.39 is 0 Å². The van der Waals surface area contributed by atoms with E-state index in [1.165, 1.54) is 0 Å². The number of amides is 1.